The minimum absolute atomic E-state index is 0.191. The van der Waals surface area contributed by atoms with Gasteiger partial charge in [-0.3, -0.25) is 9.59 Å². The Morgan fingerprint density at radius 2 is 1.68 bits per heavy atom. The summed E-state index contributed by atoms with van der Waals surface area (Å²) in [5, 5.41) is 20.3. The predicted octanol–water partition coefficient (Wildman–Crippen LogP) is 4.83. The smallest absolute Gasteiger partial charge is 0.253 e. The number of rotatable bonds is 12. The number of nitrogens with zero attached hydrogens (tertiary/aromatic N) is 2. The van der Waals surface area contributed by atoms with Crippen LogP contribution in [0.2, 0.25) is 0 Å². The maximum atomic E-state index is 13.4. The van der Waals surface area contributed by atoms with Crippen molar-refractivity contribution in [3.05, 3.63) is 122 Å². The Labute approximate surface area is 246 Å². The molecule has 0 saturated heterocycles. The first-order valence-electron chi connectivity index (χ1n) is 13.8. The van der Waals surface area contributed by atoms with Crippen molar-refractivity contribution < 1.29 is 14.7 Å². The minimum atomic E-state index is -0.830. The summed E-state index contributed by atoms with van der Waals surface area (Å²) in [6.07, 6.45) is -0.364. The number of benzene rings is 3. The van der Waals surface area contributed by atoms with Gasteiger partial charge in [0.25, 0.3) is 11.8 Å². The molecule has 1 aromatic heterocycles. The lowest BCUT2D eigenvalue weighted by Crippen LogP contribution is -2.48. The molecule has 2 atom stereocenters. The Balaban J connectivity index is 1.42. The normalized spacial score (nSPS) is 12.5. The number of carbonyl (C=O) groups excluding carboxylic acids is 2. The molecule has 0 spiro atoms. The Kier molecular flexibility index (Phi) is 10.4. The van der Waals surface area contributed by atoms with E-state index < -0.39 is 12.1 Å². The highest BCUT2D eigenvalue weighted by Crippen LogP contribution is 2.15. The minimum Gasteiger partial charge on any atom is -0.390 e. The van der Waals surface area contributed by atoms with Crippen molar-refractivity contribution in [2.75, 3.05) is 13.6 Å². The molecule has 0 aliphatic carbocycles. The van der Waals surface area contributed by atoms with E-state index in [2.05, 4.69) is 47.7 Å². The van der Waals surface area contributed by atoms with Crippen molar-refractivity contribution in [2.24, 2.45) is 0 Å². The van der Waals surface area contributed by atoms with Gasteiger partial charge in [-0.2, -0.15) is 0 Å². The Bertz CT molecular complexity index is 1470. The van der Waals surface area contributed by atoms with E-state index in [4.69, 9.17) is 0 Å². The van der Waals surface area contributed by atoms with Gasteiger partial charge in [0, 0.05) is 42.3 Å². The van der Waals surface area contributed by atoms with E-state index >= 15 is 0 Å². The first kappa shape index (κ1) is 30.1. The molecule has 0 unspecified atom stereocenters. The van der Waals surface area contributed by atoms with Crippen molar-refractivity contribution in [1.82, 2.24) is 20.5 Å². The zero-order valence-corrected chi connectivity index (χ0v) is 24.9. The zero-order valence-electron chi connectivity index (χ0n) is 24.1. The number of amides is 2. The van der Waals surface area contributed by atoms with Crippen LogP contribution in [0.25, 0.3) is 0 Å². The molecule has 8 heteroatoms. The molecule has 2 amide bonds. The highest BCUT2D eigenvalue weighted by atomic mass is 32.1. The van der Waals surface area contributed by atoms with E-state index in [1.165, 1.54) is 22.5 Å². The second-order valence-corrected chi connectivity index (χ2v) is 11.5. The van der Waals surface area contributed by atoms with Crippen LogP contribution >= 0.6 is 11.3 Å². The molecular weight excluding hydrogens is 532 g/mol. The number of aromatic nitrogens is 1. The van der Waals surface area contributed by atoms with Crippen molar-refractivity contribution in [3.63, 3.8) is 0 Å². The molecule has 0 radical (unpaired) electrons. The summed E-state index contributed by atoms with van der Waals surface area (Å²) in [6, 6.07) is 22.3. The number of nitrogens with one attached hydrogen (secondary N) is 2. The summed E-state index contributed by atoms with van der Waals surface area (Å²) in [4.78, 5) is 32.5. The molecule has 3 aromatic carbocycles. The van der Waals surface area contributed by atoms with Gasteiger partial charge in [0.2, 0.25) is 0 Å². The summed E-state index contributed by atoms with van der Waals surface area (Å²) >= 11 is 1.52. The molecule has 0 bridgehead atoms. The van der Waals surface area contributed by atoms with Crippen LogP contribution in [0.3, 0.4) is 0 Å². The van der Waals surface area contributed by atoms with E-state index in [9.17, 15) is 14.7 Å². The maximum absolute atomic E-state index is 13.4. The molecule has 7 nitrogen and oxygen atoms in total. The molecular formula is C33H38N4O3S. The number of aliphatic hydroxyl groups is 1. The first-order valence-corrected chi connectivity index (χ1v) is 14.6. The molecule has 0 aliphatic heterocycles. The molecule has 214 valence electrons. The fourth-order valence-electron chi connectivity index (χ4n) is 4.59. The molecule has 3 N–H and O–H groups in total. The van der Waals surface area contributed by atoms with Crippen molar-refractivity contribution in [1.29, 1.82) is 0 Å². The van der Waals surface area contributed by atoms with Gasteiger partial charge < -0.3 is 20.6 Å². The molecule has 0 saturated carbocycles. The highest BCUT2D eigenvalue weighted by Gasteiger charge is 2.23. The summed E-state index contributed by atoms with van der Waals surface area (Å²) in [6.45, 7) is 7.41. The number of thiazole rings is 1. The standard InChI is InChI=1S/C33H38N4O3S/c1-22-13-14-26(15-23(22)2)18-34-19-30(38)29(16-25-9-6-5-7-10-25)36-32(39)27-11-8-12-28(17-27)33(40)37(4)20-31-35-24(3)21-41-31/h5-15,17,21,29-30,34,38H,16,18-20H2,1-4H3,(H,36,39)/t29-,30+/m0/s1. The van der Waals surface area contributed by atoms with Crippen molar-refractivity contribution >= 4 is 23.2 Å². The third-order valence-corrected chi connectivity index (χ3v) is 8.04. The van der Waals surface area contributed by atoms with Gasteiger partial charge in [-0.25, -0.2) is 4.98 Å². The van der Waals surface area contributed by atoms with Gasteiger partial charge in [0.05, 0.1) is 18.7 Å². The second-order valence-electron chi connectivity index (χ2n) is 10.5. The van der Waals surface area contributed by atoms with Gasteiger partial charge in [-0.05, 0) is 67.6 Å². The van der Waals surface area contributed by atoms with E-state index in [1.54, 1.807) is 36.2 Å². The average Bonchev–Trinajstić information content (AvgIpc) is 3.38. The number of hydrogen-bond acceptors (Lipinski definition) is 6. The van der Waals surface area contributed by atoms with Crippen molar-refractivity contribution in [3.8, 4) is 0 Å². The topological polar surface area (TPSA) is 94.6 Å². The Hall–Kier alpha value is -3.85. The average molecular weight is 571 g/mol. The van der Waals surface area contributed by atoms with E-state index in [-0.39, 0.29) is 11.8 Å². The van der Waals surface area contributed by atoms with Crippen molar-refractivity contribution in [2.45, 2.75) is 52.4 Å². The molecule has 4 rings (SSSR count). The molecule has 41 heavy (non-hydrogen) atoms. The van der Waals surface area contributed by atoms with Gasteiger partial charge in [-0.1, -0.05) is 54.6 Å². The van der Waals surface area contributed by atoms with Gasteiger partial charge in [0.1, 0.15) is 5.01 Å². The van der Waals surface area contributed by atoms with Crippen LogP contribution in [0, 0.1) is 20.8 Å². The first-order chi connectivity index (χ1) is 19.7. The van der Waals surface area contributed by atoms with E-state index in [0.717, 1.165) is 21.8 Å². The zero-order chi connectivity index (χ0) is 29.4. The van der Waals surface area contributed by atoms with Crippen LogP contribution < -0.4 is 10.6 Å². The third-order valence-electron chi connectivity index (χ3n) is 7.09. The third kappa shape index (κ3) is 8.57. The second kappa shape index (κ2) is 14.2. The van der Waals surface area contributed by atoms with Crippen LogP contribution in [0.15, 0.2) is 78.2 Å². The monoisotopic (exact) mass is 570 g/mol. The Morgan fingerprint density at radius 3 is 2.39 bits per heavy atom. The maximum Gasteiger partial charge on any atom is 0.253 e. The fraction of sp³-hybridized carbons (Fsp3) is 0.303. The van der Waals surface area contributed by atoms with E-state index in [1.807, 2.05) is 42.6 Å². The molecule has 4 aromatic rings. The van der Waals surface area contributed by atoms with Gasteiger partial charge >= 0.3 is 0 Å². The molecule has 1 heterocycles. The molecule has 0 fully saturated rings. The van der Waals surface area contributed by atoms with Crippen LogP contribution in [0.4, 0.5) is 0 Å². The Morgan fingerprint density at radius 1 is 0.927 bits per heavy atom. The summed E-state index contributed by atoms with van der Waals surface area (Å²) in [5.74, 6) is -0.532. The lowest BCUT2D eigenvalue weighted by molar-refractivity contribution is 0.0784. The summed E-state index contributed by atoms with van der Waals surface area (Å²) < 4.78 is 0. The van der Waals surface area contributed by atoms with Crippen LogP contribution in [-0.4, -0.2) is 52.5 Å². The van der Waals surface area contributed by atoms with Crippen LogP contribution in [0.5, 0.6) is 0 Å². The quantitative estimate of drug-likeness (QED) is 0.227. The van der Waals surface area contributed by atoms with Gasteiger partial charge in [-0.15, -0.1) is 11.3 Å². The predicted molar refractivity (Wildman–Crippen MR) is 164 cm³/mol. The molecule has 0 aliphatic rings. The summed E-state index contributed by atoms with van der Waals surface area (Å²) in [5.41, 5.74) is 6.33. The lowest BCUT2D eigenvalue weighted by Gasteiger charge is -2.25. The van der Waals surface area contributed by atoms with Gasteiger partial charge in [0.15, 0.2) is 0 Å². The fourth-order valence-corrected chi connectivity index (χ4v) is 5.41. The van der Waals surface area contributed by atoms with E-state index in [0.29, 0.717) is 37.2 Å². The SMILES string of the molecule is Cc1csc(CN(C)C(=O)c2cccc(C(=O)N[C@@H](Cc3ccccc3)[C@H](O)CNCc3ccc(C)c(C)c3)c2)n1. The number of aryl methyl sites for hydroxylation is 3. The summed E-state index contributed by atoms with van der Waals surface area (Å²) in [7, 11) is 1.73. The highest BCUT2D eigenvalue weighted by molar-refractivity contribution is 7.09. The van der Waals surface area contributed by atoms with Crippen LogP contribution in [-0.2, 0) is 19.5 Å². The number of aliphatic hydroxyl groups excluding tert-OH is 1. The number of carbonyl (C=O) groups is 2. The number of hydrogen-bond donors (Lipinski definition) is 3. The largest absolute Gasteiger partial charge is 0.390 e. The lowest BCUT2D eigenvalue weighted by atomic mass is 10.00. The van der Waals surface area contributed by atoms with Crippen LogP contribution in [0.1, 0.15) is 53.7 Å².